The topological polar surface area (TPSA) is 125 Å². The number of aromatic nitrogens is 4. The smallest absolute Gasteiger partial charge is 0.254 e. The van der Waals surface area contributed by atoms with Crippen LogP contribution in [0.15, 0.2) is 36.5 Å². The van der Waals surface area contributed by atoms with Crippen LogP contribution in [-0.4, -0.2) is 76.1 Å². The van der Waals surface area contributed by atoms with Crippen molar-refractivity contribution in [2.45, 2.75) is 50.9 Å². The maximum atomic E-state index is 13.7. The number of benzene rings is 1. The number of rotatable bonds is 8. The molecule has 2 saturated carbocycles. The molecule has 1 amide bonds. The molecule has 1 aromatic carbocycles. The van der Waals surface area contributed by atoms with Crippen LogP contribution in [0.2, 0.25) is 0 Å². The fraction of sp³-hybridized carbons (Fsp3) is 0.483. The highest BCUT2D eigenvalue weighted by molar-refractivity contribution is 7.90. The minimum atomic E-state index is -3.26. The van der Waals surface area contributed by atoms with Gasteiger partial charge in [0.1, 0.15) is 26.8 Å². The molecule has 1 aliphatic heterocycles. The van der Waals surface area contributed by atoms with Crippen LogP contribution in [-0.2, 0) is 22.9 Å². The van der Waals surface area contributed by atoms with E-state index in [0.29, 0.717) is 46.6 Å². The molecule has 40 heavy (non-hydrogen) atoms. The number of nitrogens with zero attached hydrogens (tertiary/aromatic N) is 5. The molecule has 1 saturated heterocycles. The standard InChI is InChI=1S/C29H34N6O4S/c1-39-24-14-20(29(36)35-16-19-7-8-22(35)25(19)30)12-21-26(24)33(10-11-40(2,37)38)28(32-21)23-13-18-4-3-9-31-27(18)34(23)15-17-5-6-17/h3-4,9,12-14,17,19,22,25H,5-8,10-11,15-16,30H2,1-2H3. The summed E-state index contributed by atoms with van der Waals surface area (Å²) in [4.78, 5) is 25.3. The van der Waals surface area contributed by atoms with E-state index in [2.05, 4.69) is 15.6 Å². The number of ether oxygens (including phenoxy) is 1. The van der Waals surface area contributed by atoms with Crippen LogP contribution in [0.3, 0.4) is 0 Å². The number of amides is 1. The number of piperidine rings is 1. The van der Waals surface area contributed by atoms with E-state index in [4.69, 9.17) is 15.5 Å². The van der Waals surface area contributed by atoms with Crippen molar-refractivity contribution in [2.75, 3.05) is 25.7 Å². The first kappa shape index (κ1) is 25.5. The maximum absolute atomic E-state index is 13.7. The van der Waals surface area contributed by atoms with Gasteiger partial charge in [0.05, 0.1) is 24.1 Å². The van der Waals surface area contributed by atoms with E-state index in [9.17, 15) is 13.2 Å². The number of aryl methyl sites for hydroxylation is 1. The fourth-order valence-electron chi connectivity index (χ4n) is 6.64. The summed E-state index contributed by atoms with van der Waals surface area (Å²) in [5.74, 6) is 1.95. The molecular weight excluding hydrogens is 528 g/mol. The Labute approximate surface area is 233 Å². The molecule has 3 unspecified atom stereocenters. The van der Waals surface area contributed by atoms with Gasteiger partial charge in [0.2, 0.25) is 0 Å². The highest BCUT2D eigenvalue weighted by atomic mass is 32.2. The Morgan fingerprint density at radius 3 is 2.65 bits per heavy atom. The van der Waals surface area contributed by atoms with Crippen LogP contribution < -0.4 is 10.5 Å². The maximum Gasteiger partial charge on any atom is 0.254 e. The van der Waals surface area contributed by atoms with Gasteiger partial charge in [0.25, 0.3) is 5.91 Å². The summed E-state index contributed by atoms with van der Waals surface area (Å²) in [7, 11) is -1.69. The molecule has 2 N–H and O–H groups in total. The first-order valence-electron chi connectivity index (χ1n) is 14.0. The third kappa shape index (κ3) is 4.26. The monoisotopic (exact) mass is 562 g/mol. The van der Waals surface area contributed by atoms with Crippen LogP contribution in [0.25, 0.3) is 33.6 Å². The first-order valence-corrected chi connectivity index (χ1v) is 16.0. The van der Waals surface area contributed by atoms with Crippen LogP contribution in [0.1, 0.15) is 36.0 Å². The molecule has 3 atom stereocenters. The van der Waals surface area contributed by atoms with Gasteiger partial charge >= 0.3 is 0 Å². The summed E-state index contributed by atoms with van der Waals surface area (Å²) < 4.78 is 34.5. The quantitative estimate of drug-likeness (QED) is 0.350. The average molecular weight is 563 g/mol. The Balaban J connectivity index is 1.39. The lowest BCUT2D eigenvalue weighted by Crippen LogP contribution is -2.41. The second kappa shape index (κ2) is 9.31. The van der Waals surface area contributed by atoms with Crippen LogP contribution in [0.5, 0.6) is 5.75 Å². The molecule has 210 valence electrons. The largest absolute Gasteiger partial charge is 0.494 e. The minimum absolute atomic E-state index is 0.0263. The predicted molar refractivity (Wildman–Crippen MR) is 153 cm³/mol. The van der Waals surface area contributed by atoms with E-state index < -0.39 is 9.84 Å². The lowest BCUT2D eigenvalue weighted by molar-refractivity contribution is 0.0700. The Hall–Kier alpha value is -3.44. The van der Waals surface area contributed by atoms with Gasteiger partial charge < -0.3 is 24.5 Å². The zero-order chi connectivity index (χ0) is 27.8. The molecule has 11 heteroatoms. The highest BCUT2D eigenvalue weighted by Crippen LogP contribution is 2.40. The molecule has 0 spiro atoms. The van der Waals surface area contributed by atoms with Gasteiger partial charge in [-0.1, -0.05) is 0 Å². The number of imidazole rings is 1. The summed E-state index contributed by atoms with van der Waals surface area (Å²) in [5, 5.41) is 1.00. The second-order valence-electron chi connectivity index (χ2n) is 11.7. The Morgan fingerprint density at radius 1 is 1.15 bits per heavy atom. The molecule has 10 nitrogen and oxygen atoms in total. The van der Waals surface area contributed by atoms with Gasteiger partial charge in [-0.2, -0.15) is 0 Å². The molecule has 3 fully saturated rings. The number of sulfone groups is 1. The van der Waals surface area contributed by atoms with Gasteiger partial charge in [0.15, 0.2) is 5.82 Å². The van der Waals surface area contributed by atoms with E-state index >= 15 is 0 Å². The van der Waals surface area contributed by atoms with Gasteiger partial charge in [-0.3, -0.25) is 4.79 Å². The van der Waals surface area contributed by atoms with Crippen molar-refractivity contribution in [3.63, 3.8) is 0 Å². The van der Waals surface area contributed by atoms with Crippen molar-refractivity contribution in [1.82, 2.24) is 24.0 Å². The molecule has 0 radical (unpaired) electrons. The van der Waals surface area contributed by atoms with Crippen LogP contribution >= 0.6 is 0 Å². The van der Waals surface area contributed by atoms with E-state index in [0.717, 1.165) is 36.1 Å². The lowest BCUT2D eigenvalue weighted by Gasteiger charge is -2.27. The fourth-order valence-corrected chi connectivity index (χ4v) is 7.16. The normalized spacial score (nSPS) is 22.6. The third-order valence-corrected chi connectivity index (χ3v) is 9.82. The van der Waals surface area contributed by atoms with E-state index in [1.54, 1.807) is 19.4 Å². The van der Waals surface area contributed by atoms with E-state index in [-0.39, 0.29) is 30.3 Å². The van der Waals surface area contributed by atoms with Gasteiger partial charge in [0, 0.05) is 55.1 Å². The van der Waals surface area contributed by atoms with Gasteiger partial charge in [-0.05, 0) is 67.9 Å². The molecule has 4 aromatic rings. The number of nitrogens with two attached hydrogens (primary N) is 1. The lowest BCUT2D eigenvalue weighted by atomic mass is 10.1. The van der Waals surface area contributed by atoms with Gasteiger partial charge in [-0.25, -0.2) is 18.4 Å². The molecular formula is C29H34N6O4S. The van der Waals surface area contributed by atoms with Crippen molar-refractivity contribution in [2.24, 2.45) is 17.6 Å². The SMILES string of the molecule is COc1cc(C(=O)N2CC3CCC2C3N)cc2nc(-c3cc4cccnc4n3CC3CC3)n(CCS(C)(=O)=O)c12. The molecule has 2 aliphatic carbocycles. The average Bonchev–Trinajstić information content (AvgIpc) is 3.28. The Kier molecular flexibility index (Phi) is 5.94. The van der Waals surface area contributed by atoms with Crippen molar-refractivity contribution in [3.8, 4) is 17.3 Å². The van der Waals surface area contributed by atoms with Crippen molar-refractivity contribution in [3.05, 3.63) is 42.1 Å². The minimum Gasteiger partial charge on any atom is -0.494 e. The molecule has 3 aliphatic rings. The number of carbonyl (C=O) groups excluding carboxylic acids is 1. The number of fused-ring (bicyclic) bond motifs is 4. The summed E-state index contributed by atoms with van der Waals surface area (Å²) in [5.41, 5.74) is 9.92. The van der Waals surface area contributed by atoms with E-state index in [1.165, 1.54) is 19.1 Å². The van der Waals surface area contributed by atoms with Gasteiger partial charge in [-0.15, -0.1) is 0 Å². The number of carbonyl (C=O) groups is 1. The summed E-state index contributed by atoms with van der Waals surface area (Å²) in [6.07, 6.45) is 7.38. The predicted octanol–water partition coefficient (Wildman–Crippen LogP) is 3.08. The van der Waals surface area contributed by atoms with Crippen molar-refractivity contribution >= 4 is 37.8 Å². The Bertz CT molecular complexity index is 1760. The van der Waals surface area contributed by atoms with Crippen molar-refractivity contribution in [1.29, 1.82) is 0 Å². The van der Waals surface area contributed by atoms with Crippen molar-refractivity contribution < 1.29 is 17.9 Å². The molecule has 4 heterocycles. The highest BCUT2D eigenvalue weighted by Gasteiger charge is 2.47. The molecule has 7 rings (SSSR count). The number of likely N-dealkylation sites (tertiary alicyclic amines) is 1. The van der Waals surface area contributed by atoms with Crippen LogP contribution in [0, 0.1) is 11.8 Å². The second-order valence-corrected chi connectivity index (χ2v) is 14.0. The summed E-state index contributed by atoms with van der Waals surface area (Å²) in [6, 6.07) is 9.67. The summed E-state index contributed by atoms with van der Waals surface area (Å²) >= 11 is 0. The Morgan fingerprint density at radius 2 is 1.98 bits per heavy atom. The zero-order valence-corrected chi connectivity index (χ0v) is 23.6. The molecule has 2 bridgehead atoms. The number of methoxy groups -OCH3 is 1. The number of hydrogen-bond donors (Lipinski definition) is 1. The summed E-state index contributed by atoms with van der Waals surface area (Å²) in [6.45, 7) is 1.70. The zero-order valence-electron chi connectivity index (χ0n) is 22.8. The van der Waals surface area contributed by atoms with E-state index in [1.807, 2.05) is 27.7 Å². The first-order chi connectivity index (χ1) is 19.2. The number of pyridine rings is 1. The number of hydrogen-bond acceptors (Lipinski definition) is 7. The molecule has 3 aromatic heterocycles. The third-order valence-electron chi connectivity index (χ3n) is 8.90. The van der Waals surface area contributed by atoms with Crippen LogP contribution in [0.4, 0.5) is 0 Å².